The van der Waals surface area contributed by atoms with Crippen molar-refractivity contribution in [1.29, 1.82) is 0 Å². The van der Waals surface area contributed by atoms with Crippen molar-refractivity contribution in [1.82, 2.24) is 20.2 Å². The highest BCUT2D eigenvalue weighted by atomic mass is 19.1. The van der Waals surface area contributed by atoms with Gasteiger partial charge in [-0.3, -0.25) is 14.5 Å². The number of aromatic nitrogens is 2. The molecule has 9 nitrogen and oxygen atoms in total. The van der Waals surface area contributed by atoms with E-state index in [9.17, 15) is 23.5 Å². The molecule has 11 heteroatoms. The topological polar surface area (TPSA) is 111 Å². The molecule has 2 aromatic carbocycles. The number of anilines is 2. The summed E-state index contributed by atoms with van der Waals surface area (Å²) in [6, 6.07) is 8.26. The number of phenols is 1. The quantitative estimate of drug-likeness (QED) is 0.411. The Hall–Kier alpha value is -4.12. The van der Waals surface area contributed by atoms with Gasteiger partial charge < -0.3 is 20.6 Å². The van der Waals surface area contributed by atoms with Gasteiger partial charge in [0.2, 0.25) is 5.95 Å². The van der Waals surface area contributed by atoms with E-state index in [0.29, 0.717) is 12.6 Å². The van der Waals surface area contributed by atoms with Crippen LogP contribution in [0.15, 0.2) is 54.9 Å². The highest BCUT2D eigenvalue weighted by molar-refractivity contribution is 6.05. The normalized spacial score (nSPS) is 13.9. The molecule has 0 saturated carbocycles. The Bertz CT molecular complexity index is 1200. The summed E-state index contributed by atoms with van der Waals surface area (Å²) < 4.78 is 26.7. The van der Waals surface area contributed by atoms with E-state index in [4.69, 9.17) is 0 Å². The molecule has 0 atom stereocenters. The largest absolute Gasteiger partial charge is 0.507 e. The average molecular weight is 497 g/mol. The van der Waals surface area contributed by atoms with Gasteiger partial charge in [0.25, 0.3) is 11.8 Å². The summed E-state index contributed by atoms with van der Waals surface area (Å²) in [5.41, 5.74) is 0.0312. The first-order chi connectivity index (χ1) is 17.4. The molecule has 0 radical (unpaired) electrons. The number of carbonyl (C=O) groups is 2. The first kappa shape index (κ1) is 25.0. The number of phenolic OH excluding ortho intramolecular Hbond substituents is 1. The Labute approximate surface area is 206 Å². The van der Waals surface area contributed by atoms with Gasteiger partial charge in [0.15, 0.2) is 0 Å². The summed E-state index contributed by atoms with van der Waals surface area (Å²) in [6.07, 6.45) is 4.20. The fourth-order valence-corrected chi connectivity index (χ4v) is 3.92. The molecular weight excluding hydrogens is 470 g/mol. The molecule has 0 aliphatic carbocycles. The molecule has 188 valence electrons. The van der Waals surface area contributed by atoms with Crippen molar-refractivity contribution in [3.63, 3.8) is 0 Å². The zero-order chi connectivity index (χ0) is 25.5. The minimum atomic E-state index is -0.876. The van der Waals surface area contributed by atoms with Gasteiger partial charge in [-0.2, -0.15) is 0 Å². The molecule has 1 fully saturated rings. The third kappa shape index (κ3) is 6.51. The van der Waals surface area contributed by atoms with E-state index in [-0.39, 0.29) is 22.6 Å². The van der Waals surface area contributed by atoms with Crippen molar-refractivity contribution in [3.8, 4) is 5.75 Å². The zero-order valence-electron chi connectivity index (χ0n) is 19.5. The first-order valence-corrected chi connectivity index (χ1v) is 11.5. The number of hydrogen-bond donors (Lipinski definition) is 3. The molecule has 1 aliphatic heterocycles. The van der Waals surface area contributed by atoms with E-state index in [1.165, 1.54) is 18.2 Å². The Kier molecular flexibility index (Phi) is 8.01. The summed E-state index contributed by atoms with van der Waals surface area (Å²) in [6.45, 7) is 4.68. The summed E-state index contributed by atoms with van der Waals surface area (Å²) in [4.78, 5) is 37.7. The van der Waals surface area contributed by atoms with Crippen LogP contribution >= 0.6 is 0 Å². The van der Waals surface area contributed by atoms with E-state index < -0.39 is 23.4 Å². The molecule has 2 amide bonds. The van der Waals surface area contributed by atoms with Crippen LogP contribution in [0.5, 0.6) is 5.75 Å². The third-order valence-corrected chi connectivity index (χ3v) is 5.77. The molecule has 1 aromatic heterocycles. The lowest BCUT2D eigenvalue weighted by Crippen LogP contribution is -2.47. The average Bonchev–Trinajstić information content (AvgIpc) is 2.87. The number of rotatable bonds is 8. The summed E-state index contributed by atoms with van der Waals surface area (Å²) >= 11 is 0. The van der Waals surface area contributed by atoms with Gasteiger partial charge in [0.1, 0.15) is 17.4 Å². The summed E-state index contributed by atoms with van der Waals surface area (Å²) in [5, 5.41) is 15.5. The number of benzene rings is 2. The second-order valence-corrected chi connectivity index (χ2v) is 8.33. The van der Waals surface area contributed by atoms with Crippen molar-refractivity contribution in [2.45, 2.75) is 6.42 Å². The molecule has 0 unspecified atom stereocenters. The second-order valence-electron chi connectivity index (χ2n) is 8.33. The smallest absolute Gasteiger partial charge is 0.255 e. The van der Waals surface area contributed by atoms with Crippen LogP contribution in [-0.2, 0) is 0 Å². The molecule has 1 aliphatic rings. The van der Waals surface area contributed by atoms with E-state index in [0.717, 1.165) is 57.2 Å². The van der Waals surface area contributed by atoms with Gasteiger partial charge in [0, 0.05) is 68.5 Å². The highest BCUT2D eigenvalue weighted by Gasteiger charge is 2.19. The maximum Gasteiger partial charge on any atom is 0.255 e. The van der Waals surface area contributed by atoms with E-state index in [1.54, 1.807) is 18.5 Å². The van der Waals surface area contributed by atoms with E-state index in [2.05, 4.69) is 30.4 Å². The van der Waals surface area contributed by atoms with Crippen molar-refractivity contribution < 1.29 is 23.5 Å². The van der Waals surface area contributed by atoms with Crippen LogP contribution in [0.1, 0.15) is 27.1 Å². The molecule has 36 heavy (non-hydrogen) atoms. The van der Waals surface area contributed by atoms with E-state index >= 15 is 0 Å². The van der Waals surface area contributed by atoms with Gasteiger partial charge >= 0.3 is 0 Å². The van der Waals surface area contributed by atoms with E-state index in [1.807, 2.05) is 0 Å². The number of halogens is 2. The van der Waals surface area contributed by atoms with Crippen LogP contribution in [0.25, 0.3) is 0 Å². The minimum absolute atomic E-state index is 0.0567. The number of piperazine rings is 1. The molecule has 3 aromatic rings. The fraction of sp³-hybridized carbons (Fsp3) is 0.280. The van der Waals surface area contributed by atoms with Crippen LogP contribution in [0.2, 0.25) is 0 Å². The van der Waals surface area contributed by atoms with Crippen molar-refractivity contribution in [3.05, 3.63) is 77.6 Å². The van der Waals surface area contributed by atoms with Gasteiger partial charge in [-0.15, -0.1) is 0 Å². The molecule has 3 N–H and O–H groups in total. The SMILES string of the molecule is O=C(Nc1ccc(C(=O)NCCCN2CCN(c3ncccn3)CC2)c(O)c1)c1cc(F)cc(F)c1. The third-order valence-electron chi connectivity index (χ3n) is 5.77. The Morgan fingerprint density at radius 3 is 2.31 bits per heavy atom. The molecule has 2 heterocycles. The lowest BCUT2D eigenvalue weighted by Gasteiger charge is -2.34. The Morgan fingerprint density at radius 2 is 1.64 bits per heavy atom. The minimum Gasteiger partial charge on any atom is -0.507 e. The van der Waals surface area contributed by atoms with Crippen molar-refractivity contribution >= 4 is 23.5 Å². The van der Waals surface area contributed by atoms with Crippen molar-refractivity contribution in [2.75, 3.05) is 49.5 Å². The molecule has 0 spiro atoms. The predicted octanol–water partition coefficient (Wildman–Crippen LogP) is 2.65. The first-order valence-electron chi connectivity index (χ1n) is 11.5. The maximum atomic E-state index is 13.3. The predicted molar refractivity (Wildman–Crippen MR) is 130 cm³/mol. The Morgan fingerprint density at radius 1 is 0.944 bits per heavy atom. The number of hydrogen-bond acceptors (Lipinski definition) is 7. The molecule has 4 rings (SSSR count). The van der Waals surface area contributed by atoms with Gasteiger partial charge in [0.05, 0.1) is 5.56 Å². The standard InChI is InChI=1S/C25H26F2N6O3/c26-18-13-17(14-19(27)15-18)23(35)31-20-3-4-21(22(34)16-20)24(36)28-7-2-8-32-9-11-33(12-10-32)25-29-5-1-6-30-25/h1,3-6,13-16,34H,2,7-12H2,(H,28,36)(H,31,35). The summed E-state index contributed by atoms with van der Waals surface area (Å²) in [7, 11) is 0. The number of nitrogens with zero attached hydrogens (tertiary/aromatic N) is 4. The molecule has 1 saturated heterocycles. The monoisotopic (exact) mass is 496 g/mol. The van der Waals surface area contributed by atoms with Crippen molar-refractivity contribution in [2.24, 2.45) is 0 Å². The highest BCUT2D eigenvalue weighted by Crippen LogP contribution is 2.23. The fourth-order valence-electron chi connectivity index (χ4n) is 3.92. The number of nitrogens with one attached hydrogen (secondary N) is 2. The number of carbonyl (C=O) groups excluding carboxylic acids is 2. The lowest BCUT2D eigenvalue weighted by atomic mass is 10.1. The van der Waals surface area contributed by atoms with Gasteiger partial charge in [-0.1, -0.05) is 0 Å². The summed E-state index contributed by atoms with van der Waals surface area (Å²) in [5.74, 6) is -2.53. The van der Waals surface area contributed by atoms with Crippen LogP contribution in [0.3, 0.4) is 0 Å². The van der Waals surface area contributed by atoms with Gasteiger partial charge in [-0.05, 0) is 43.3 Å². The van der Waals surface area contributed by atoms with Crippen LogP contribution < -0.4 is 15.5 Å². The molecule has 0 bridgehead atoms. The molecular formula is C25H26F2N6O3. The van der Waals surface area contributed by atoms with Crippen LogP contribution in [0.4, 0.5) is 20.4 Å². The van der Waals surface area contributed by atoms with Crippen LogP contribution in [0, 0.1) is 11.6 Å². The maximum absolute atomic E-state index is 13.3. The van der Waals surface area contributed by atoms with Crippen LogP contribution in [-0.4, -0.2) is 71.1 Å². The zero-order valence-corrected chi connectivity index (χ0v) is 19.5. The number of amides is 2. The second kappa shape index (κ2) is 11.5. The van der Waals surface area contributed by atoms with Gasteiger partial charge in [-0.25, -0.2) is 18.7 Å². The lowest BCUT2D eigenvalue weighted by molar-refractivity contribution is 0.0948. The number of aromatic hydroxyl groups is 1. The Balaban J connectivity index is 1.21.